The molecule has 2 aromatic carbocycles. The topological polar surface area (TPSA) is 24.4 Å². The standard InChI is InChI=1S/C16H15FN2S/c1-11-9-13(17)7-8-14(11)19-16-18-10-15(20-16)12-5-3-2-4-6-12/h2-9,15H,10H2,1H3,(H,18,19). The van der Waals surface area contributed by atoms with E-state index in [-0.39, 0.29) is 5.82 Å². The number of benzene rings is 2. The molecule has 1 aliphatic heterocycles. The van der Waals surface area contributed by atoms with Gasteiger partial charge in [-0.1, -0.05) is 42.1 Å². The number of anilines is 1. The number of hydrogen-bond acceptors (Lipinski definition) is 3. The molecule has 0 bridgehead atoms. The molecule has 0 radical (unpaired) electrons. The number of halogens is 1. The first-order valence-electron chi connectivity index (χ1n) is 6.51. The molecule has 0 saturated carbocycles. The summed E-state index contributed by atoms with van der Waals surface area (Å²) in [5.41, 5.74) is 3.08. The van der Waals surface area contributed by atoms with E-state index in [4.69, 9.17) is 0 Å². The van der Waals surface area contributed by atoms with Gasteiger partial charge < -0.3 is 5.32 Å². The van der Waals surface area contributed by atoms with Crippen LogP contribution < -0.4 is 5.32 Å². The predicted octanol–water partition coefficient (Wildman–Crippen LogP) is 4.39. The number of aryl methyl sites for hydroxylation is 1. The van der Waals surface area contributed by atoms with Crippen LogP contribution in [0.3, 0.4) is 0 Å². The maximum Gasteiger partial charge on any atom is 0.161 e. The summed E-state index contributed by atoms with van der Waals surface area (Å²) in [4.78, 5) is 4.53. The van der Waals surface area contributed by atoms with E-state index in [9.17, 15) is 4.39 Å². The zero-order valence-electron chi connectivity index (χ0n) is 11.1. The molecule has 102 valence electrons. The molecular formula is C16H15FN2S. The van der Waals surface area contributed by atoms with Crippen LogP contribution in [0.25, 0.3) is 0 Å². The molecule has 2 nitrogen and oxygen atoms in total. The van der Waals surface area contributed by atoms with Crippen molar-refractivity contribution in [1.29, 1.82) is 0 Å². The van der Waals surface area contributed by atoms with Crippen LogP contribution >= 0.6 is 11.8 Å². The van der Waals surface area contributed by atoms with Crippen molar-refractivity contribution in [3.63, 3.8) is 0 Å². The molecule has 2 aromatic rings. The first-order valence-corrected chi connectivity index (χ1v) is 7.39. The van der Waals surface area contributed by atoms with Gasteiger partial charge in [-0.05, 0) is 36.2 Å². The van der Waals surface area contributed by atoms with Gasteiger partial charge in [-0.25, -0.2) is 4.39 Å². The fourth-order valence-electron chi connectivity index (χ4n) is 2.17. The van der Waals surface area contributed by atoms with Crippen LogP contribution in [0.1, 0.15) is 16.4 Å². The van der Waals surface area contributed by atoms with Crippen molar-refractivity contribution in [2.75, 3.05) is 11.9 Å². The van der Waals surface area contributed by atoms with Gasteiger partial charge in [-0.2, -0.15) is 0 Å². The third-order valence-electron chi connectivity index (χ3n) is 3.26. The summed E-state index contributed by atoms with van der Waals surface area (Å²) in [7, 11) is 0. The quantitative estimate of drug-likeness (QED) is 0.885. The SMILES string of the molecule is Cc1cc(F)ccc1NC1=NCC(c2ccccc2)S1. The Morgan fingerprint density at radius 1 is 1.20 bits per heavy atom. The van der Waals surface area contributed by atoms with Gasteiger partial charge in [0.25, 0.3) is 0 Å². The maximum atomic E-state index is 13.1. The summed E-state index contributed by atoms with van der Waals surface area (Å²) in [6.07, 6.45) is 0. The molecule has 4 heteroatoms. The molecule has 0 amide bonds. The lowest BCUT2D eigenvalue weighted by atomic mass is 10.1. The van der Waals surface area contributed by atoms with Crippen LogP contribution in [0, 0.1) is 12.7 Å². The molecular weight excluding hydrogens is 271 g/mol. The molecule has 0 saturated heterocycles. The van der Waals surface area contributed by atoms with Crippen molar-refractivity contribution < 1.29 is 4.39 Å². The fraction of sp³-hybridized carbons (Fsp3) is 0.188. The summed E-state index contributed by atoms with van der Waals surface area (Å²) >= 11 is 1.72. The lowest BCUT2D eigenvalue weighted by Crippen LogP contribution is -2.06. The highest BCUT2D eigenvalue weighted by Gasteiger charge is 2.21. The fourth-order valence-corrected chi connectivity index (χ4v) is 3.20. The summed E-state index contributed by atoms with van der Waals surface area (Å²) in [5.74, 6) is -0.212. The number of hydrogen-bond donors (Lipinski definition) is 1. The van der Waals surface area contributed by atoms with Gasteiger partial charge in [0.15, 0.2) is 5.17 Å². The van der Waals surface area contributed by atoms with Crippen molar-refractivity contribution in [3.8, 4) is 0 Å². The van der Waals surface area contributed by atoms with Crippen LogP contribution in [0.4, 0.5) is 10.1 Å². The van der Waals surface area contributed by atoms with E-state index in [1.807, 2.05) is 25.1 Å². The molecule has 3 rings (SSSR count). The molecule has 20 heavy (non-hydrogen) atoms. The van der Waals surface area contributed by atoms with Crippen LogP contribution in [0.5, 0.6) is 0 Å². The van der Waals surface area contributed by atoms with E-state index < -0.39 is 0 Å². The molecule has 1 aliphatic rings. The first-order chi connectivity index (χ1) is 9.72. The van der Waals surface area contributed by atoms with Crippen LogP contribution in [0.2, 0.25) is 0 Å². The third-order valence-corrected chi connectivity index (χ3v) is 4.42. The van der Waals surface area contributed by atoms with Gasteiger partial charge in [0.2, 0.25) is 0 Å². The Labute approximate surface area is 122 Å². The zero-order chi connectivity index (χ0) is 13.9. The second kappa shape index (κ2) is 5.67. The number of thioether (sulfide) groups is 1. The number of amidine groups is 1. The first kappa shape index (κ1) is 13.2. The van der Waals surface area contributed by atoms with Crippen molar-refractivity contribution >= 4 is 22.6 Å². The van der Waals surface area contributed by atoms with Gasteiger partial charge in [-0.3, -0.25) is 4.99 Å². The lowest BCUT2D eigenvalue weighted by molar-refractivity contribution is 0.627. The Kier molecular flexibility index (Phi) is 3.74. The second-order valence-electron chi connectivity index (χ2n) is 4.75. The molecule has 0 spiro atoms. The number of nitrogens with one attached hydrogen (secondary N) is 1. The van der Waals surface area contributed by atoms with Crippen LogP contribution in [-0.2, 0) is 0 Å². The smallest absolute Gasteiger partial charge is 0.161 e. The molecule has 1 atom stereocenters. The normalized spacial score (nSPS) is 17.9. The highest BCUT2D eigenvalue weighted by atomic mass is 32.2. The van der Waals surface area contributed by atoms with Gasteiger partial charge in [0, 0.05) is 5.69 Å². The number of aliphatic imine (C=N–C) groups is 1. The molecule has 1 unspecified atom stereocenters. The lowest BCUT2D eigenvalue weighted by Gasteiger charge is -2.11. The van der Waals surface area contributed by atoms with E-state index in [0.717, 1.165) is 23.0 Å². The van der Waals surface area contributed by atoms with Gasteiger partial charge >= 0.3 is 0 Å². The number of nitrogens with zero attached hydrogens (tertiary/aromatic N) is 1. The molecule has 1 heterocycles. The van der Waals surface area contributed by atoms with Crippen LogP contribution in [0.15, 0.2) is 53.5 Å². The average Bonchev–Trinajstić information content (AvgIpc) is 2.92. The van der Waals surface area contributed by atoms with Crippen LogP contribution in [-0.4, -0.2) is 11.7 Å². The largest absolute Gasteiger partial charge is 0.335 e. The second-order valence-corrected chi connectivity index (χ2v) is 5.94. The van der Waals surface area contributed by atoms with E-state index in [2.05, 4.69) is 22.4 Å². The van der Waals surface area contributed by atoms with Gasteiger partial charge in [0.1, 0.15) is 5.82 Å². The Balaban J connectivity index is 1.69. The Morgan fingerprint density at radius 3 is 2.75 bits per heavy atom. The Hall–Kier alpha value is -1.81. The Morgan fingerprint density at radius 2 is 2.00 bits per heavy atom. The molecule has 0 aromatic heterocycles. The minimum absolute atomic E-state index is 0.212. The van der Waals surface area contributed by atoms with Gasteiger partial charge in [0.05, 0.1) is 11.8 Å². The molecule has 0 aliphatic carbocycles. The van der Waals surface area contributed by atoms with Crippen molar-refractivity contribution in [1.82, 2.24) is 0 Å². The highest BCUT2D eigenvalue weighted by Crippen LogP contribution is 2.35. The summed E-state index contributed by atoms with van der Waals surface area (Å²) in [6.45, 7) is 2.66. The van der Waals surface area contributed by atoms with E-state index in [0.29, 0.717) is 5.25 Å². The predicted molar refractivity (Wildman–Crippen MR) is 83.8 cm³/mol. The minimum atomic E-state index is -0.212. The minimum Gasteiger partial charge on any atom is -0.335 e. The van der Waals surface area contributed by atoms with Crippen molar-refractivity contribution in [3.05, 3.63) is 65.5 Å². The zero-order valence-corrected chi connectivity index (χ0v) is 12.0. The summed E-state index contributed by atoms with van der Waals surface area (Å²) in [6, 6.07) is 15.1. The number of rotatable bonds is 2. The Bertz CT molecular complexity index is 640. The third kappa shape index (κ3) is 2.85. The van der Waals surface area contributed by atoms with Gasteiger partial charge in [-0.15, -0.1) is 0 Å². The summed E-state index contributed by atoms with van der Waals surface area (Å²) < 4.78 is 13.1. The molecule has 1 N–H and O–H groups in total. The molecule has 0 fully saturated rings. The summed E-state index contributed by atoms with van der Waals surface area (Å²) in [5, 5.41) is 4.54. The maximum absolute atomic E-state index is 13.1. The van der Waals surface area contributed by atoms with E-state index >= 15 is 0 Å². The average molecular weight is 286 g/mol. The van der Waals surface area contributed by atoms with E-state index in [1.54, 1.807) is 17.8 Å². The monoisotopic (exact) mass is 286 g/mol. The highest BCUT2D eigenvalue weighted by molar-refractivity contribution is 8.14. The van der Waals surface area contributed by atoms with E-state index in [1.165, 1.54) is 17.7 Å². The van der Waals surface area contributed by atoms with Crippen molar-refractivity contribution in [2.45, 2.75) is 12.2 Å². The van der Waals surface area contributed by atoms with Crippen molar-refractivity contribution in [2.24, 2.45) is 4.99 Å².